The van der Waals surface area contributed by atoms with Crippen LogP contribution >= 0.6 is 0 Å². The summed E-state index contributed by atoms with van der Waals surface area (Å²) in [5, 5.41) is 0. The topological polar surface area (TPSA) is 46.6 Å². The number of carbonyl (C=O) groups excluding carboxylic acids is 2. The summed E-state index contributed by atoms with van der Waals surface area (Å²) in [7, 11) is 0. The van der Waals surface area contributed by atoms with E-state index in [0.29, 0.717) is 25.3 Å². The quantitative estimate of drug-likeness (QED) is 0.423. The molecule has 160 valence electrons. The first kappa shape index (κ1) is 22.1. The van der Waals surface area contributed by atoms with Gasteiger partial charge >= 0.3 is 5.97 Å². The molecule has 3 rings (SSSR count). The van der Waals surface area contributed by atoms with Crippen LogP contribution in [0, 0.1) is 5.92 Å². The van der Waals surface area contributed by atoms with Gasteiger partial charge in [0, 0.05) is 18.7 Å². The second-order valence-corrected chi connectivity index (χ2v) is 8.76. The Kier molecular flexibility index (Phi) is 7.30. The summed E-state index contributed by atoms with van der Waals surface area (Å²) in [6.07, 6.45) is 3.27. The van der Waals surface area contributed by atoms with Crippen LogP contribution in [0.4, 0.5) is 5.69 Å². The van der Waals surface area contributed by atoms with Crippen molar-refractivity contribution in [3.05, 3.63) is 66.2 Å². The average molecular weight is 408 g/mol. The largest absolute Gasteiger partial charge is 0.457 e. The van der Waals surface area contributed by atoms with Gasteiger partial charge in [-0.25, -0.2) is 4.79 Å². The fraction of sp³-hybridized carbons (Fsp3) is 0.462. The number of ketones is 1. The standard InChI is InChI=1S/C26H33NO3/c1-4-17-27(22-13-9-6-10-14-22)24-23(28)19-26(18-20(2)3,30-25(24)29)16-15-21-11-7-5-8-12-21/h5-14,20,24H,4,15-19H2,1-3H3. The summed E-state index contributed by atoms with van der Waals surface area (Å²) in [5.41, 5.74) is 1.36. The first-order chi connectivity index (χ1) is 14.4. The second kappa shape index (κ2) is 9.92. The van der Waals surface area contributed by atoms with Gasteiger partial charge in [-0.05, 0) is 49.3 Å². The lowest BCUT2D eigenvalue weighted by atomic mass is 9.79. The SMILES string of the molecule is CCCN(c1ccccc1)C1C(=O)CC(CCc2ccccc2)(CC(C)C)OC1=O. The Bertz CT molecular complexity index is 814. The normalized spacial score (nSPS) is 21.5. The number of hydrogen-bond acceptors (Lipinski definition) is 4. The van der Waals surface area contributed by atoms with Crippen molar-refractivity contribution in [1.29, 1.82) is 0 Å². The van der Waals surface area contributed by atoms with Gasteiger partial charge in [-0.2, -0.15) is 0 Å². The molecule has 0 N–H and O–H groups in total. The minimum atomic E-state index is -0.857. The van der Waals surface area contributed by atoms with E-state index in [2.05, 4.69) is 32.9 Å². The molecule has 2 unspecified atom stereocenters. The van der Waals surface area contributed by atoms with Crippen molar-refractivity contribution in [3.8, 4) is 0 Å². The molecule has 0 saturated carbocycles. The lowest BCUT2D eigenvalue weighted by molar-refractivity contribution is -0.175. The van der Waals surface area contributed by atoms with Crippen molar-refractivity contribution >= 4 is 17.4 Å². The second-order valence-electron chi connectivity index (χ2n) is 8.76. The van der Waals surface area contributed by atoms with Crippen molar-refractivity contribution in [3.63, 3.8) is 0 Å². The summed E-state index contributed by atoms with van der Waals surface area (Å²) in [4.78, 5) is 28.5. The molecular weight excluding hydrogens is 374 g/mol. The Labute approximate surface area is 180 Å². The molecule has 1 heterocycles. The van der Waals surface area contributed by atoms with Gasteiger partial charge in [0.1, 0.15) is 5.60 Å². The lowest BCUT2D eigenvalue weighted by Crippen LogP contribution is -2.58. The minimum absolute atomic E-state index is 0.0303. The van der Waals surface area contributed by atoms with Gasteiger partial charge in [0.25, 0.3) is 0 Å². The highest BCUT2D eigenvalue weighted by molar-refractivity contribution is 6.08. The highest BCUT2D eigenvalue weighted by atomic mass is 16.6. The third-order valence-electron chi connectivity index (χ3n) is 5.70. The molecule has 0 aromatic heterocycles. The van der Waals surface area contributed by atoms with Crippen molar-refractivity contribution in [2.75, 3.05) is 11.4 Å². The Balaban J connectivity index is 1.83. The van der Waals surface area contributed by atoms with Crippen LogP contribution < -0.4 is 4.90 Å². The molecule has 1 fully saturated rings. The molecule has 0 aliphatic carbocycles. The van der Waals surface area contributed by atoms with Crippen LogP contribution in [0.25, 0.3) is 0 Å². The molecule has 4 nitrogen and oxygen atoms in total. The fourth-order valence-corrected chi connectivity index (χ4v) is 4.54. The zero-order chi connectivity index (χ0) is 21.6. The first-order valence-electron chi connectivity index (χ1n) is 11.1. The summed E-state index contributed by atoms with van der Waals surface area (Å²) in [6, 6.07) is 19.0. The van der Waals surface area contributed by atoms with E-state index in [4.69, 9.17) is 4.74 Å². The predicted molar refractivity (Wildman–Crippen MR) is 121 cm³/mol. The maximum absolute atomic E-state index is 13.4. The monoisotopic (exact) mass is 407 g/mol. The Morgan fingerprint density at radius 3 is 2.23 bits per heavy atom. The molecule has 2 aromatic rings. The van der Waals surface area contributed by atoms with Crippen LogP contribution in [0.1, 0.15) is 52.0 Å². The Hall–Kier alpha value is -2.62. The highest BCUT2D eigenvalue weighted by Crippen LogP contribution is 2.37. The zero-order valence-electron chi connectivity index (χ0n) is 18.3. The molecule has 0 amide bonds. The summed E-state index contributed by atoms with van der Waals surface area (Å²) in [5.74, 6) is -0.103. The van der Waals surface area contributed by atoms with Gasteiger partial charge < -0.3 is 9.64 Å². The average Bonchev–Trinajstić information content (AvgIpc) is 2.72. The number of aryl methyl sites for hydroxylation is 1. The number of hydrogen-bond donors (Lipinski definition) is 0. The highest BCUT2D eigenvalue weighted by Gasteiger charge is 2.49. The van der Waals surface area contributed by atoms with E-state index in [1.165, 1.54) is 5.56 Å². The van der Waals surface area contributed by atoms with E-state index >= 15 is 0 Å². The summed E-state index contributed by atoms with van der Waals surface area (Å²) < 4.78 is 6.14. The van der Waals surface area contributed by atoms with Gasteiger partial charge in [-0.1, -0.05) is 69.3 Å². The van der Waals surface area contributed by atoms with E-state index in [9.17, 15) is 9.59 Å². The molecule has 0 bridgehead atoms. The number of para-hydroxylation sites is 1. The number of cyclic esters (lactones) is 1. The number of esters is 1. The van der Waals surface area contributed by atoms with Crippen LogP contribution in [0.3, 0.4) is 0 Å². The van der Waals surface area contributed by atoms with Gasteiger partial charge in [-0.15, -0.1) is 0 Å². The number of ether oxygens (including phenoxy) is 1. The molecule has 1 saturated heterocycles. The molecule has 30 heavy (non-hydrogen) atoms. The molecule has 0 radical (unpaired) electrons. The molecule has 0 spiro atoms. The summed E-state index contributed by atoms with van der Waals surface area (Å²) >= 11 is 0. The van der Waals surface area contributed by atoms with E-state index < -0.39 is 17.6 Å². The van der Waals surface area contributed by atoms with E-state index in [1.54, 1.807) is 0 Å². The fourth-order valence-electron chi connectivity index (χ4n) is 4.54. The van der Waals surface area contributed by atoms with Crippen LogP contribution in [-0.2, 0) is 20.7 Å². The number of anilines is 1. The molecule has 2 aromatic carbocycles. The molecule has 1 aliphatic heterocycles. The zero-order valence-corrected chi connectivity index (χ0v) is 18.3. The number of carbonyl (C=O) groups is 2. The number of benzene rings is 2. The van der Waals surface area contributed by atoms with Crippen molar-refractivity contribution in [2.45, 2.75) is 64.5 Å². The molecule has 2 atom stereocenters. The minimum Gasteiger partial charge on any atom is -0.457 e. The van der Waals surface area contributed by atoms with Gasteiger partial charge in [-0.3, -0.25) is 4.79 Å². The number of nitrogens with zero attached hydrogens (tertiary/aromatic N) is 1. The molecule has 4 heteroatoms. The van der Waals surface area contributed by atoms with Crippen molar-refractivity contribution in [1.82, 2.24) is 0 Å². The van der Waals surface area contributed by atoms with Crippen LogP contribution in [-0.4, -0.2) is 29.9 Å². The van der Waals surface area contributed by atoms with E-state index in [-0.39, 0.29) is 12.2 Å². The Morgan fingerprint density at radius 1 is 1.03 bits per heavy atom. The first-order valence-corrected chi connectivity index (χ1v) is 11.1. The number of rotatable bonds is 9. The van der Waals surface area contributed by atoms with Gasteiger partial charge in [0.15, 0.2) is 11.8 Å². The van der Waals surface area contributed by atoms with Crippen LogP contribution in [0.15, 0.2) is 60.7 Å². The van der Waals surface area contributed by atoms with Gasteiger partial charge in [0.05, 0.1) is 0 Å². The molecule has 1 aliphatic rings. The summed E-state index contributed by atoms with van der Waals surface area (Å²) in [6.45, 7) is 6.91. The smallest absolute Gasteiger partial charge is 0.337 e. The van der Waals surface area contributed by atoms with Crippen LogP contribution in [0.2, 0.25) is 0 Å². The third kappa shape index (κ3) is 5.29. The lowest BCUT2D eigenvalue weighted by Gasteiger charge is -2.43. The molecular formula is C26H33NO3. The maximum atomic E-state index is 13.4. The van der Waals surface area contributed by atoms with Crippen molar-refractivity contribution in [2.24, 2.45) is 5.92 Å². The third-order valence-corrected chi connectivity index (χ3v) is 5.70. The Morgan fingerprint density at radius 2 is 1.67 bits per heavy atom. The van der Waals surface area contributed by atoms with E-state index in [1.807, 2.05) is 53.4 Å². The van der Waals surface area contributed by atoms with Crippen LogP contribution in [0.5, 0.6) is 0 Å². The van der Waals surface area contributed by atoms with Crippen molar-refractivity contribution < 1.29 is 14.3 Å². The predicted octanol–water partition coefficient (Wildman–Crippen LogP) is 5.21. The number of Topliss-reactive ketones (excluding diaryl/α,β-unsaturated/α-hetero) is 1. The van der Waals surface area contributed by atoms with E-state index in [0.717, 1.165) is 18.5 Å². The van der Waals surface area contributed by atoms with Gasteiger partial charge in [0.2, 0.25) is 0 Å². The maximum Gasteiger partial charge on any atom is 0.337 e.